The molecule has 2 nitrogen and oxygen atoms in total. The van der Waals surface area contributed by atoms with E-state index in [1.807, 2.05) is 0 Å². The number of aliphatic hydroxyl groups is 1. The summed E-state index contributed by atoms with van der Waals surface area (Å²) in [7, 11) is 0. The van der Waals surface area contributed by atoms with Crippen molar-refractivity contribution in [3.63, 3.8) is 0 Å². The van der Waals surface area contributed by atoms with Gasteiger partial charge in [-0.05, 0) is 19.3 Å². The first kappa shape index (κ1) is 11.6. The van der Waals surface area contributed by atoms with Crippen molar-refractivity contribution in [2.24, 2.45) is 0 Å². The molecule has 0 rings (SSSR count). The highest BCUT2D eigenvalue weighted by Crippen LogP contribution is 2.08. The van der Waals surface area contributed by atoms with Gasteiger partial charge in [0.2, 0.25) is 0 Å². The van der Waals surface area contributed by atoms with Gasteiger partial charge >= 0.3 is 0 Å². The van der Waals surface area contributed by atoms with Crippen LogP contribution >= 0.6 is 0 Å². The Labute approximate surface area is 75.0 Å². The predicted molar refractivity (Wildman–Crippen MR) is 50.1 cm³/mol. The zero-order valence-corrected chi connectivity index (χ0v) is 7.96. The van der Waals surface area contributed by atoms with Gasteiger partial charge in [0.25, 0.3) is 0 Å². The van der Waals surface area contributed by atoms with E-state index in [2.05, 4.69) is 6.92 Å². The summed E-state index contributed by atoms with van der Waals surface area (Å²) in [6.07, 6.45) is 7.36. The van der Waals surface area contributed by atoms with Crippen molar-refractivity contribution in [2.45, 2.75) is 58.0 Å². The second kappa shape index (κ2) is 8.72. The lowest BCUT2D eigenvalue weighted by atomic mass is 10.1. The van der Waals surface area contributed by atoms with E-state index in [1.54, 1.807) is 0 Å². The van der Waals surface area contributed by atoms with Gasteiger partial charge in [0.15, 0.2) is 0 Å². The minimum atomic E-state index is -0.142. The van der Waals surface area contributed by atoms with Gasteiger partial charge in [0, 0.05) is 6.42 Å². The first-order chi connectivity index (χ1) is 5.81. The molecule has 2 heteroatoms. The van der Waals surface area contributed by atoms with Crippen molar-refractivity contribution in [3.05, 3.63) is 0 Å². The summed E-state index contributed by atoms with van der Waals surface area (Å²) in [6, 6.07) is 0. The molecule has 0 aliphatic rings. The van der Waals surface area contributed by atoms with Crippen molar-refractivity contribution in [2.75, 3.05) is 0 Å². The highest BCUT2D eigenvalue weighted by molar-refractivity contribution is 5.48. The number of carbonyl (C=O) groups excluding carboxylic acids is 1. The quantitative estimate of drug-likeness (QED) is 0.450. The zero-order valence-electron chi connectivity index (χ0n) is 7.96. The molecule has 0 aromatic carbocycles. The molecule has 1 atom stereocenters. The van der Waals surface area contributed by atoms with Crippen LogP contribution in [0.4, 0.5) is 0 Å². The fourth-order valence-electron chi connectivity index (χ4n) is 1.19. The summed E-state index contributed by atoms with van der Waals surface area (Å²) in [5.41, 5.74) is 0. The number of aliphatic hydroxyl groups excluding tert-OH is 1. The average molecular weight is 172 g/mol. The Balaban J connectivity index is 3.07. The molecule has 0 spiro atoms. The molecule has 72 valence electrons. The van der Waals surface area contributed by atoms with Crippen LogP contribution in [0.15, 0.2) is 0 Å². The van der Waals surface area contributed by atoms with Crippen LogP contribution in [0.3, 0.4) is 0 Å². The smallest absolute Gasteiger partial charge is 0.119 e. The predicted octanol–water partition coefficient (Wildman–Crippen LogP) is 2.30. The van der Waals surface area contributed by atoms with Crippen LogP contribution in [0, 0.1) is 0 Å². The average Bonchev–Trinajstić information content (AvgIpc) is 2.09. The molecule has 0 aliphatic carbocycles. The van der Waals surface area contributed by atoms with Gasteiger partial charge in [0.05, 0.1) is 6.10 Å². The molecule has 0 saturated carbocycles. The second-order valence-electron chi connectivity index (χ2n) is 3.25. The van der Waals surface area contributed by atoms with Crippen molar-refractivity contribution in [3.8, 4) is 0 Å². The molecule has 0 bridgehead atoms. The first-order valence-electron chi connectivity index (χ1n) is 4.93. The van der Waals surface area contributed by atoms with Gasteiger partial charge in [-0.25, -0.2) is 0 Å². The molecule has 0 fully saturated rings. The standard InChI is InChI=1S/C10H20O2/c1-2-3-7-10(12)8-5-4-6-9-11/h9-10,12H,2-8H2,1H3. The summed E-state index contributed by atoms with van der Waals surface area (Å²) in [6.45, 7) is 2.12. The summed E-state index contributed by atoms with van der Waals surface area (Å²) >= 11 is 0. The van der Waals surface area contributed by atoms with Gasteiger partial charge in [-0.1, -0.05) is 26.2 Å². The number of carbonyl (C=O) groups is 1. The van der Waals surface area contributed by atoms with E-state index < -0.39 is 0 Å². The monoisotopic (exact) mass is 172 g/mol. The molecule has 1 N–H and O–H groups in total. The summed E-state index contributed by atoms with van der Waals surface area (Å²) in [4.78, 5) is 9.96. The third-order valence-electron chi connectivity index (χ3n) is 2.00. The first-order valence-corrected chi connectivity index (χ1v) is 4.93. The number of aldehydes is 1. The van der Waals surface area contributed by atoms with Crippen LogP contribution in [0.2, 0.25) is 0 Å². The Morgan fingerprint density at radius 1 is 1.25 bits per heavy atom. The van der Waals surface area contributed by atoms with Gasteiger partial charge in [-0.2, -0.15) is 0 Å². The van der Waals surface area contributed by atoms with Crippen LogP contribution in [0.25, 0.3) is 0 Å². The maximum atomic E-state index is 9.96. The van der Waals surface area contributed by atoms with Crippen LogP contribution in [0.5, 0.6) is 0 Å². The topological polar surface area (TPSA) is 37.3 Å². The third kappa shape index (κ3) is 7.73. The fourth-order valence-corrected chi connectivity index (χ4v) is 1.19. The third-order valence-corrected chi connectivity index (χ3v) is 2.00. The van der Waals surface area contributed by atoms with E-state index in [-0.39, 0.29) is 6.10 Å². The number of hydrogen-bond acceptors (Lipinski definition) is 2. The number of rotatable bonds is 8. The largest absolute Gasteiger partial charge is 0.393 e. The lowest BCUT2D eigenvalue weighted by molar-refractivity contribution is -0.107. The van der Waals surface area contributed by atoms with E-state index >= 15 is 0 Å². The van der Waals surface area contributed by atoms with Crippen molar-refractivity contribution >= 4 is 6.29 Å². The molecule has 12 heavy (non-hydrogen) atoms. The Morgan fingerprint density at radius 2 is 1.92 bits per heavy atom. The maximum absolute atomic E-state index is 9.96. The van der Waals surface area contributed by atoms with Crippen LogP contribution in [-0.2, 0) is 4.79 Å². The van der Waals surface area contributed by atoms with E-state index in [4.69, 9.17) is 0 Å². The van der Waals surface area contributed by atoms with E-state index in [0.717, 1.165) is 44.8 Å². The van der Waals surface area contributed by atoms with Crippen molar-refractivity contribution in [1.29, 1.82) is 0 Å². The molecule has 0 radical (unpaired) electrons. The van der Waals surface area contributed by atoms with Crippen LogP contribution in [-0.4, -0.2) is 17.5 Å². The van der Waals surface area contributed by atoms with Gasteiger partial charge < -0.3 is 9.90 Å². The highest BCUT2D eigenvalue weighted by atomic mass is 16.3. The number of hydrogen-bond donors (Lipinski definition) is 1. The zero-order chi connectivity index (χ0) is 9.23. The summed E-state index contributed by atoms with van der Waals surface area (Å²) in [5.74, 6) is 0. The van der Waals surface area contributed by atoms with Crippen molar-refractivity contribution in [1.82, 2.24) is 0 Å². The molecule has 0 aromatic rings. The summed E-state index contributed by atoms with van der Waals surface area (Å²) < 4.78 is 0. The molecule has 0 saturated heterocycles. The molecule has 1 unspecified atom stereocenters. The Kier molecular flexibility index (Phi) is 8.46. The van der Waals surface area contributed by atoms with E-state index in [0.29, 0.717) is 6.42 Å². The molecule has 0 heterocycles. The van der Waals surface area contributed by atoms with Gasteiger partial charge in [0.1, 0.15) is 6.29 Å². The molecular weight excluding hydrogens is 152 g/mol. The van der Waals surface area contributed by atoms with Gasteiger partial charge in [-0.3, -0.25) is 0 Å². The molecular formula is C10H20O2. The lowest BCUT2D eigenvalue weighted by Crippen LogP contribution is -2.05. The van der Waals surface area contributed by atoms with Gasteiger partial charge in [-0.15, -0.1) is 0 Å². The SMILES string of the molecule is CCCCC(O)CCCCC=O. The lowest BCUT2D eigenvalue weighted by Gasteiger charge is -2.08. The fraction of sp³-hybridized carbons (Fsp3) is 0.900. The minimum Gasteiger partial charge on any atom is -0.393 e. The summed E-state index contributed by atoms with van der Waals surface area (Å²) in [5, 5.41) is 9.39. The molecule has 0 aliphatic heterocycles. The Morgan fingerprint density at radius 3 is 2.50 bits per heavy atom. The van der Waals surface area contributed by atoms with Crippen molar-refractivity contribution < 1.29 is 9.90 Å². The maximum Gasteiger partial charge on any atom is 0.119 e. The second-order valence-corrected chi connectivity index (χ2v) is 3.25. The van der Waals surface area contributed by atoms with E-state index in [1.165, 1.54) is 0 Å². The number of unbranched alkanes of at least 4 members (excludes halogenated alkanes) is 3. The van der Waals surface area contributed by atoms with Crippen LogP contribution in [0.1, 0.15) is 51.9 Å². The van der Waals surface area contributed by atoms with Crippen LogP contribution < -0.4 is 0 Å². The normalized spacial score (nSPS) is 12.8. The Bertz CT molecular complexity index is 102. The Hall–Kier alpha value is -0.370. The van der Waals surface area contributed by atoms with E-state index in [9.17, 15) is 9.90 Å². The highest BCUT2D eigenvalue weighted by Gasteiger charge is 2.01. The molecule has 0 aromatic heterocycles. The minimum absolute atomic E-state index is 0.142. The molecule has 0 amide bonds.